The maximum Gasteiger partial charge on any atom is 0.163 e. The molecule has 2 heterocycles. The van der Waals surface area contributed by atoms with E-state index in [-0.39, 0.29) is 6.10 Å². The lowest BCUT2D eigenvalue weighted by molar-refractivity contribution is 0.142. The Morgan fingerprint density at radius 1 is 1.35 bits per heavy atom. The molecule has 1 N–H and O–H groups in total. The zero-order valence-corrected chi connectivity index (χ0v) is 9.80. The van der Waals surface area contributed by atoms with Gasteiger partial charge in [-0.1, -0.05) is 23.8 Å². The Balaban J connectivity index is 2.05. The summed E-state index contributed by atoms with van der Waals surface area (Å²) >= 11 is 0. The van der Waals surface area contributed by atoms with Gasteiger partial charge in [0.1, 0.15) is 5.82 Å². The number of hydrogen-bond acceptors (Lipinski definition) is 3. The second-order valence-corrected chi connectivity index (χ2v) is 4.61. The van der Waals surface area contributed by atoms with Gasteiger partial charge in [-0.2, -0.15) is 0 Å². The molecule has 0 amide bonds. The second kappa shape index (κ2) is 3.96. The van der Waals surface area contributed by atoms with Crippen LogP contribution in [0, 0.1) is 6.92 Å². The minimum Gasteiger partial charge on any atom is -0.393 e. The number of rotatable bonds is 1. The highest BCUT2D eigenvalue weighted by atomic mass is 16.3. The Hall–Kier alpha value is -1.68. The van der Waals surface area contributed by atoms with E-state index in [4.69, 9.17) is 0 Å². The lowest BCUT2D eigenvalue weighted by Gasteiger charge is -2.19. The highest BCUT2D eigenvalue weighted by Gasteiger charge is 2.21. The Morgan fingerprint density at radius 2 is 2.24 bits per heavy atom. The largest absolute Gasteiger partial charge is 0.393 e. The predicted molar refractivity (Wildman–Crippen MR) is 64.5 cm³/mol. The molecule has 4 nitrogen and oxygen atoms in total. The van der Waals surface area contributed by atoms with Crippen LogP contribution in [-0.4, -0.2) is 26.0 Å². The van der Waals surface area contributed by atoms with Crippen LogP contribution in [-0.2, 0) is 13.0 Å². The zero-order chi connectivity index (χ0) is 11.8. The van der Waals surface area contributed by atoms with E-state index < -0.39 is 0 Å². The molecule has 1 atom stereocenters. The number of aliphatic hydroxyl groups excluding tert-OH is 1. The Bertz CT molecular complexity index is 547. The number of aryl methyl sites for hydroxylation is 1. The molecule has 0 fully saturated rings. The fraction of sp³-hybridized carbons (Fsp3) is 0.385. The van der Waals surface area contributed by atoms with E-state index >= 15 is 0 Å². The summed E-state index contributed by atoms with van der Waals surface area (Å²) in [6.45, 7) is 2.87. The van der Waals surface area contributed by atoms with Crippen molar-refractivity contribution in [1.82, 2.24) is 14.8 Å². The Morgan fingerprint density at radius 3 is 3.06 bits per heavy atom. The van der Waals surface area contributed by atoms with E-state index in [2.05, 4.69) is 39.9 Å². The summed E-state index contributed by atoms with van der Waals surface area (Å²) in [5.41, 5.74) is 2.32. The fourth-order valence-electron chi connectivity index (χ4n) is 2.31. The van der Waals surface area contributed by atoms with Gasteiger partial charge < -0.3 is 9.67 Å². The molecule has 88 valence electrons. The normalized spacial score (nSPS) is 19.1. The molecule has 0 bridgehead atoms. The van der Waals surface area contributed by atoms with Crippen molar-refractivity contribution in [1.29, 1.82) is 0 Å². The van der Waals surface area contributed by atoms with Crippen LogP contribution in [0.4, 0.5) is 0 Å². The SMILES string of the molecule is Cc1cccc(-c2nnc3n2CCC(O)C3)c1. The first-order valence-corrected chi connectivity index (χ1v) is 5.91. The number of hydrogen-bond donors (Lipinski definition) is 1. The molecule has 1 aliphatic rings. The van der Waals surface area contributed by atoms with E-state index in [0.717, 1.165) is 30.2 Å². The summed E-state index contributed by atoms with van der Waals surface area (Å²) in [4.78, 5) is 0. The third-order valence-corrected chi connectivity index (χ3v) is 3.21. The number of benzene rings is 1. The van der Waals surface area contributed by atoms with Crippen LogP contribution < -0.4 is 0 Å². The van der Waals surface area contributed by atoms with Crippen molar-refractivity contribution in [3.8, 4) is 11.4 Å². The van der Waals surface area contributed by atoms with Crippen molar-refractivity contribution in [3.63, 3.8) is 0 Å². The highest BCUT2D eigenvalue weighted by Crippen LogP contribution is 2.23. The molecule has 0 radical (unpaired) electrons. The monoisotopic (exact) mass is 229 g/mol. The van der Waals surface area contributed by atoms with E-state index in [1.807, 2.05) is 6.07 Å². The van der Waals surface area contributed by atoms with Crippen molar-refractivity contribution in [2.75, 3.05) is 0 Å². The van der Waals surface area contributed by atoms with Gasteiger partial charge in [0.25, 0.3) is 0 Å². The minimum atomic E-state index is -0.267. The molecule has 0 saturated carbocycles. The van der Waals surface area contributed by atoms with Crippen LogP contribution in [0.2, 0.25) is 0 Å². The van der Waals surface area contributed by atoms with Gasteiger partial charge in [0, 0.05) is 18.5 Å². The molecule has 1 aromatic heterocycles. The molecule has 2 aromatic rings. The van der Waals surface area contributed by atoms with Crippen LogP contribution in [0.25, 0.3) is 11.4 Å². The summed E-state index contributed by atoms with van der Waals surface area (Å²) in [7, 11) is 0. The van der Waals surface area contributed by atoms with E-state index in [1.54, 1.807) is 0 Å². The molecule has 3 rings (SSSR count). The lowest BCUT2D eigenvalue weighted by atomic mass is 10.1. The third-order valence-electron chi connectivity index (χ3n) is 3.21. The van der Waals surface area contributed by atoms with Crippen molar-refractivity contribution >= 4 is 0 Å². The Kier molecular flexibility index (Phi) is 2.44. The standard InChI is InChI=1S/C13H15N3O/c1-9-3-2-4-10(7-9)13-15-14-12-8-11(17)5-6-16(12)13/h2-4,7,11,17H,5-6,8H2,1H3. The van der Waals surface area contributed by atoms with Crippen LogP contribution in [0.1, 0.15) is 17.8 Å². The van der Waals surface area contributed by atoms with Gasteiger partial charge in [0.05, 0.1) is 6.10 Å². The summed E-state index contributed by atoms with van der Waals surface area (Å²) in [6.07, 6.45) is 1.12. The van der Waals surface area contributed by atoms with Gasteiger partial charge in [-0.15, -0.1) is 10.2 Å². The van der Waals surface area contributed by atoms with Crippen LogP contribution in [0.5, 0.6) is 0 Å². The quantitative estimate of drug-likeness (QED) is 0.807. The third kappa shape index (κ3) is 1.85. The molecule has 1 aliphatic heterocycles. The minimum absolute atomic E-state index is 0.267. The average molecular weight is 229 g/mol. The topological polar surface area (TPSA) is 50.9 Å². The summed E-state index contributed by atoms with van der Waals surface area (Å²) in [5, 5.41) is 18.0. The van der Waals surface area contributed by atoms with E-state index in [1.165, 1.54) is 5.56 Å². The number of aliphatic hydroxyl groups is 1. The summed E-state index contributed by atoms with van der Waals surface area (Å²) in [5.74, 6) is 1.80. The van der Waals surface area contributed by atoms with Crippen LogP contribution in [0.15, 0.2) is 24.3 Å². The van der Waals surface area contributed by atoms with Gasteiger partial charge in [-0.25, -0.2) is 0 Å². The fourth-order valence-corrected chi connectivity index (χ4v) is 2.31. The number of nitrogens with zero attached hydrogens (tertiary/aromatic N) is 3. The van der Waals surface area contributed by atoms with Gasteiger partial charge >= 0.3 is 0 Å². The number of aromatic nitrogens is 3. The average Bonchev–Trinajstić information content (AvgIpc) is 2.71. The molecule has 0 saturated heterocycles. The maximum atomic E-state index is 9.60. The van der Waals surface area contributed by atoms with E-state index in [9.17, 15) is 5.11 Å². The first-order valence-electron chi connectivity index (χ1n) is 5.91. The van der Waals surface area contributed by atoms with Crippen molar-refractivity contribution in [2.45, 2.75) is 32.4 Å². The predicted octanol–water partition coefficient (Wildman–Crippen LogP) is 1.56. The first kappa shape index (κ1) is 10.5. The molecule has 17 heavy (non-hydrogen) atoms. The summed E-state index contributed by atoms with van der Waals surface area (Å²) in [6, 6.07) is 8.27. The molecular weight excluding hydrogens is 214 g/mol. The van der Waals surface area contributed by atoms with Crippen molar-refractivity contribution < 1.29 is 5.11 Å². The molecule has 4 heteroatoms. The van der Waals surface area contributed by atoms with Crippen molar-refractivity contribution in [2.24, 2.45) is 0 Å². The maximum absolute atomic E-state index is 9.60. The van der Waals surface area contributed by atoms with Crippen LogP contribution in [0.3, 0.4) is 0 Å². The second-order valence-electron chi connectivity index (χ2n) is 4.61. The molecule has 0 aliphatic carbocycles. The lowest BCUT2D eigenvalue weighted by Crippen LogP contribution is -2.23. The first-order chi connectivity index (χ1) is 8.24. The molecule has 0 spiro atoms. The highest BCUT2D eigenvalue weighted by molar-refractivity contribution is 5.56. The van der Waals surface area contributed by atoms with Gasteiger partial charge in [0.15, 0.2) is 5.82 Å². The van der Waals surface area contributed by atoms with Gasteiger partial charge in [0.2, 0.25) is 0 Å². The molecule has 1 unspecified atom stereocenters. The Labute approximate surface area is 99.9 Å². The van der Waals surface area contributed by atoms with Gasteiger partial charge in [-0.3, -0.25) is 0 Å². The van der Waals surface area contributed by atoms with Gasteiger partial charge in [-0.05, 0) is 19.4 Å². The zero-order valence-electron chi connectivity index (χ0n) is 9.80. The summed E-state index contributed by atoms with van der Waals surface area (Å²) < 4.78 is 2.11. The molecule has 1 aromatic carbocycles. The smallest absolute Gasteiger partial charge is 0.163 e. The molecular formula is C13H15N3O. The van der Waals surface area contributed by atoms with E-state index in [0.29, 0.717) is 6.42 Å². The number of fused-ring (bicyclic) bond motifs is 1. The van der Waals surface area contributed by atoms with Crippen molar-refractivity contribution in [3.05, 3.63) is 35.7 Å². The van der Waals surface area contributed by atoms with Crippen LogP contribution >= 0.6 is 0 Å².